The first-order valence-electron chi connectivity index (χ1n) is 4.86. The standard InChI is InChI=1S/C11H11BrN4O/c1-16-6-8(5-15-16)17-10-3-2-7(12)4-9(10)11(13)14/h2-6H,1H3,(H3,13,14). The number of amidine groups is 1. The SMILES string of the molecule is Cn1cc(Oc2ccc(Br)cc2C(=N)N)cn1. The van der Waals surface area contributed by atoms with Gasteiger partial charge in [0.15, 0.2) is 5.75 Å². The summed E-state index contributed by atoms with van der Waals surface area (Å²) < 4.78 is 8.11. The van der Waals surface area contributed by atoms with Crippen LogP contribution in [-0.4, -0.2) is 15.6 Å². The first-order valence-corrected chi connectivity index (χ1v) is 5.66. The van der Waals surface area contributed by atoms with Crippen LogP contribution in [0.15, 0.2) is 35.1 Å². The second-order valence-electron chi connectivity index (χ2n) is 3.51. The van der Waals surface area contributed by atoms with Gasteiger partial charge in [0.05, 0.1) is 18.0 Å². The van der Waals surface area contributed by atoms with Crippen molar-refractivity contribution in [3.05, 3.63) is 40.6 Å². The third-order valence-electron chi connectivity index (χ3n) is 2.14. The van der Waals surface area contributed by atoms with Gasteiger partial charge >= 0.3 is 0 Å². The van der Waals surface area contributed by atoms with E-state index in [2.05, 4.69) is 21.0 Å². The van der Waals surface area contributed by atoms with E-state index < -0.39 is 0 Å². The number of aromatic nitrogens is 2. The molecule has 2 rings (SSSR count). The Morgan fingerprint density at radius 1 is 1.53 bits per heavy atom. The lowest BCUT2D eigenvalue weighted by molar-refractivity contribution is 0.480. The van der Waals surface area contributed by atoms with Crippen molar-refractivity contribution in [2.45, 2.75) is 0 Å². The molecule has 1 heterocycles. The molecule has 5 nitrogen and oxygen atoms in total. The highest BCUT2D eigenvalue weighted by Gasteiger charge is 2.09. The molecule has 1 aromatic carbocycles. The lowest BCUT2D eigenvalue weighted by Gasteiger charge is -2.08. The van der Waals surface area contributed by atoms with Crippen molar-refractivity contribution in [2.24, 2.45) is 12.8 Å². The summed E-state index contributed by atoms with van der Waals surface area (Å²) in [6.07, 6.45) is 3.35. The minimum absolute atomic E-state index is 0.0369. The maximum absolute atomic E-state index is 7.50. The molecule has 0 aliphatic carbocycles. The van der Waals surface area contributed by atoms with Crippen LogP contribution in [0.3, 0.4) is 0 Å². The second-order valence-corrected chi connectivity index (χ2v) is 4.42. The monoisotopic (exact) mass is 294 g/mol. The number of benzene rings is 1. The van der Waals surface area contributed by atoms with Gasteiger partial charge in [-0.2, -0.15) is 5.10 Å². The number of nitrogen functional groups attached to an aromatic ring is 1. The van der Waals surface area contributed by atoms with E-state index in [0.29, 0.717) is 17.1 Å². The molecule has 2 aromatic rings. The van der Waals surface area contributed by atoms with E-state index in [9.17, 15) is 0 Å². The van der Waals surface area contributed by atoms with Crippen LogP contribution in [0.1, 0.15) is 5.56 Å². The van der Waals surface area contributed by atoms with Crippen molar-refractivity contribution >= 4 is 21.8 Å². The average Bonchev–Trinajstić information content (AvgIpc) is 2.66. The largest absolute Gasteiger partial charge is 0.453 e. The Morgan fingerprint density at radius 2 is 2.29 bits per heavy atom. The van der Waals surface area contributed by atoms with Gasteiger partial charge in [0, 0.05) is 11.5 Å². The summed E-state index contributed by atoms with van der Waals surface area (Å²) in [6.45, 7) is 0. The minimum atomic E-state index is -0.0369. The summed E-state index contributed by atoms with van der Waals surface area (Å²) in [7, 11) is 1.81. The second kappa shape index (κ2) is 4.58. The maximum atomic E-state index is 7.50. The Balaban J connectivity index is 2.35. The molecule has 88 valence electrons. The van der Waals surface area contributed by atoms with Crippen LogP contribution in [0.4, 0.5) is 0 Å². The Kier molecular flexibility index (Phi) is 3.14. The Labute approximate surface area is 107 Å². The van der Waals surface area contributed by atoms with E-state index in [4.69, 9.17) is 15.9 Å². The maximum Gasteiger partial charge on any atom is 0.165 e. The Morgan fingerprint density at radius 3 is 2.88 bits per heavy atom. The third-order valence-corrected chi connectivity index (χ3v) is 2.63. The number of hydrogen-bond donors (Lipinski definition) is 2. The minimum Gasteiger partial charge on any atom is -0.453 e. The highest BCUT2D eigenvalue weighted by atomic mass is 79.9. The van der Waals surface area contributed by atoms with E-state index in [1.54, 1.807) is 36.3 Å². The molecular formula is C11H11BrN4O. The molecule has 0 aliphatic rings. The van der Waals surface area contributed by atoms with Gasteiger partial charge in [0.25, 0.3) is 0 Å². The van der Waals surface area contributed by atoms with Crippen LogP contribution < -0.4 is 10.5 Å². The fraction of sp³-hybridized carbons (Fsp3) is 0.0909. The topological polar surface area (TPSA) is 76.9 Å². The third kappa shape index (κ3) is 2.65. The summed E-state index contributed by atoms with van der Waals surface area (Å²) >= 11 is 3.33. The number of hydrogen-bond acceptors (Lipinski definition) is 3. The summed E-state index contributed by atoms with van der Waals surface area (Å²) in [6, 6.07) is 5.33. The van der Waals surface area contributed by atoms with Crippen molar-refractivity contribution in [1.29, 1.82) is 5.41 Å². The molecule has 17 heavy (non-hydrogen) atoms. The molecule has 0 amide bonds. The zero-order chi connectivity index (χ0) is 12.4. The van der Waals surface area contributed by atoms with Gasteiger partial charge in [-0.15, -0.1) is 0 Å². The molecule has 0 atom stereocenters. The number of nitrogens with one attached hydrogen (secondary N) is 1. The average molecular weight is 295 g/mol. The van der Waals surface area contributed by atoms with Crippen LogP contribution >= 0.6 is 15.9 Å². The zero-order valence-electron chi connectivity index (χ0n) is 9.14. The predicted molar refractivity (Wildman–Crippen MR) is 68.4 cm³/mol. The Bertz CT molecular complexity index is 564. The Hall–Kier alpha value is -1.82. The predicted octanol–water partition coefficient (Wildman–Crippen LogP) is 2.26. The molecule has 3 N–H and O–H groups in total. The molecule has 6 heteroatoms. The van der Waals surface area contributed by atoms with Gasteiger partial charge in [-0.05, 0) is 18.2 Å². The normalized spacial score (nSPS) is 10.2. The number of rotatable bonds is 3. The quantitative estimate of drug-likeness (QED) is 0.673. The molecule has 0 radical (unpaired) electrons. The summed E-state index contributed by atoms with van der Waals surface area (Å²) in [5.41, 5.74) is 6.05. The molecule has 0 unspecified atom stereocenters. The van der Waals surface area contributed by atoms with E-state index in [-0.39, 0.29) is 5.84 Å². The van der Waals surface area contributed by atoms with E-state index >= 15 is 0 Å². The first-order chi connectivity index (χ1) is 8.06. The lowest BCUT2D eigenvalue weighted by atomic mass is 10.2. The van der Waals surface area contributed by atoms with Crippen molar-refractivity contribution < 1.29 is 4.74 Å². The van der Waals surface area contributed by atoms with Gasteiger partial charge in [0.1, 0.15) is 11.6 Å². The van der Waals surface area contributed by atoms with Gasteiger partial charge in [-0.3, -0.25) is 10.1 Å². The van der Waals surface area contributed by atoms with Gasteiger partial charge in [-0.25, -0.2) is 0 Å². The van der Waals surface area contributed by atoms with Gasteiger partial charge in [0.2, 0.25) is 0 Å². The fourth-order valence-corrected chi connectivity index (χ4v) is 1.74. The number of halogens is 1. The highest BCUT2D eigenvalue weighted by Crippen LogP contribution is 2.27. The van der Waals surface area contributed by atoms with Gasteiger partial charge < -0.3 is 10.5 Å². The fourth-order valence-electron chi connectivity index (χ4n) is 1.38. The van der Waals surface area contributed by atoms with E-state index in [1.165, 1.54) is 0 Å². The summed E-state index contributed by atoms with van der Waals surface area (Å²) in [4.78, 5) is 0. The van der Waals surface area contributed by atoms with E-state index in [0.717, 1.165) is 4.47 Å². The number of ether oxygens (including phenoxy) is 1. The molecule has 0 saturated heterocycles. The molecule has 0 bridgehead atoms. The van der Waals surface area contributed by atoms with Crippen LogP contribution in [0, 0.1) is 5.41 Å². The van der Waals surface area contributed by atoms with Crippen LogP contribution in [-0.2, 0) is 7.05 Å². The van der Waals surface area contributed by atoms with Crippen molar-refractivity contribution in [1.82, 2.24) is 9.78 Å². The van der Waals surface area contributed by atoms with Crippen LogP contribution in [0.5, 0.6) is 11.5 Å². The zero-order valence-corrected chi connectivity index (χ0v) is 10.7. The number of nitrogens with zero attached hydrogens (tertiary/aromatic N) is 2. The van der Waals surface area contributed by atoms with Crippen molar-refractivity contribution in [2.75, 3.05) is 0 Å². The number of nitrogens with two attached hydrogens (primary N) is 1. The van der Waals surface area contributed by atoms with Crippen molar-refractivity contribution in [3.63, 3.8) is 0 Å². The molecule has 0 spiro atoms. The lowest BCUT2D eigenvalue weighted by Crippen LogP contribution is -2.12. The van der Waals surface area contributed by atoms with Crippen LogP contribution in [0.2, 0.25) is 0 Å². The van der Waals surface area contributed by atoms with E-state index in [1.807, 2.05) is 6.07 Å². The smallest absolute Gasteiger partial charge is 0.165 e. The molecule has 0 aliphatic heterocycles. The first kappa shape index (κ1) is 11.7. The molecular weight excluding hydrogens is 284 g/mol. The van der Waals surface area contributed by atoms with Crippen molar-refractivity contribution in [3.8, 4) is 11.5 Å². The summed E-state index contributed by atoms with van der Waals surface area (Å²) in [5.74, 6) is 1.11. The van der Waals surface area contributed by atoms with Crippen LogP contribution in [0.25, 0.3) is 0 Å². The van der Waals surface area contributed by atoms with Gasteiger partial charge in [-0.1, -0.05) is 15.9 Å². The summed E-state index contributed by atoms with van der Waals surface area (Å²) in [5, 5.41) is 11.5. The number of aryl methyl sites for hydroxylation is 1. The molecule has 0 fully saturated rings. The molecule has 1 aromatic heterocycles. The highest BCUT2D eigenvalue weighted by molar-refractivity contribution is 9.10. The molecule has 0 saturated carbocycles.